The van der Waals surface area contributed by atoms with E-state index in [0.717, 1.165) is 18.9 Å². The molecule has 0 radical (unpaired) electrons. The predicted octanol–water partition coefficient (Wildman–Crippen LogP) is 1.96. The number of pyridine rings is 1. The highest BCUT2D eigenvalue weighted by atomic mass is 15.2. The van der Waals surface area contributed by atoms with Crippen LogP contribution in [0.4, 0.5) is 5.82 Å². The summed E-state index contributed by atoms with van der Waals surface area (Å²) in [5, 5.41) is 3.12. The van der Waals surface area contributed by atoms with E-state index >= 15 is 0 Å². The molecule has 0 spiro atoms. The molecule has 0 bridgehead atoms. The van der Waals surface area contributed by atoms with Gasteiger partial charge in [0.1, 0.15) is 5.82 Å². The Morgan fingerprint density at radius 3 is 2.88 bits per heavy atom. The second kappa shape index (κ2) is 5.12. The van der Waals surface area contributed by atoms with Crippen molar-refractivity contribution in [1.82, 2.24) is 10.3 Å². The summed E-state index contributed by atoms with van der Waals surface area (Å²) in [6.45, 7) is 5.57. The van der Waals surface area contributed by atoms with E-state index in [0.29, 0.717) is 6.04 Å². The number of rotatable bonds is 6. The Kier molecular flexibility index (Phi) is 3.57. The molecule has 1 N–H and O–H groups in total. The summed E-state index contributed by atoms with van der Waals surface area (Å²) in [6.07, 6.45) is 6.47. The monoisotopic (exact) mass is 217 g/mol. The second-order valence-corrected chi connectivity index (χ2v) is 4.23. The first-order valence-corrected chi connectivity index (χ1v) is 5.82. The van der Waals surface area contributed by atoms with Gasteiger partial charge >= 0.3 is 0 Å². The minimum Gasteiger partial charge on any atom is -0.350 e. The van der Waals surface area contributed by atoms with Crippen LogP contribution in [0.1, 0.15) is 18.4 Å². The standard InChI is InChI=1S/C13H19N3/c1-3-8-16(12-5-6-12)13-7-4-11(9-14-2)10-15-13/h3-4,7,10,12,14H,1,5-6,8-9H2,2H3. The third-order valence-corrected chi connectivity index (χ3v) is 2.80. The second-order valence-electron chi connectivity index (χ2n) is 4.23. The smallest absolute Gasteiger partial charge is 0.129 e. The summed E-state index contributed by atoms with van der Waals surface area (Å²) in [7, 11) is 1.95. The fourth-order valence-corrected chi connectivity index (χ4v) is 1.85. The number of hydrogen-bond acceptors (Lipinski definition) is 3. The molecule has 1 saturated carbocycles. The highest BCUT2D eigenvalue weighted by molar-refractivity contribution is 5.43. The van der Waals surface area contributed by atoms with Gasteiger partial charge in [0.05, 0.1) is 0 Å². The molecule has 0 amide bonds. The summed E-state index contributed by atoms with van der Waals surface area (Å²) in [4.78, 5) is 6.85. The van der Waals surface area contributed by atoms with Crippen LogP contribution in [0.2, 0.25) is 0 Å². The molecule has 1 aliphatic carbocycles. The highest BCUT2D eigenvalue weighted by Gasteiger charge is 2.28. The zero-order valence-corrected chi connectivity index (χ0v) is 9.82. The number of hydrogen-bond donors (Lipinski definition) is 1. The molecule has 16 heavy (non-hydrogen) atoms. The van der Waals surface area contributed by atoms with Crippen molar-refractivity contribution in [2.45, 2.75) is 25.4 Å². The molecule has 1 fully saturated rings. The van der Waals surface area contributed by atoms with Crippen LogP contribution in [0, 0.1) is 0 Å². The molecular weight excluding hydrogens is 198 g/mol. The Morgan fingerprint density at radius 2 is 2.38 bits per heavy atom. The lowest BCUT2D eigenvalue weighted by atomic mass is 10.2. The minimum absolute atomic E-state index is 0.681. The van der Waals surface area contributed by atoms with Crippen LogP contribution in [0.5, 0.6) is 0 Å². The Labute approximate surface area is 97.2 Å². The third kappa shape index (κ3) is 2.61. The van der Waals surface area contributed by atoms with Crippen molar-refractivity contribution in [1.29, 1.82) is 0 Å². The van der Waals surface area contributed by atoms with Gasteiger partial charge in [-0.1, -0.05) is 12.1 Å². The van der Waals surface area contributed by atoms with Crippen LogP contribution in [0.25, 0.3) is 0 Å². The lowest BCUT2D eigenvalue weighted by molar-refractivity contribution is 0.804. The fraction of sp³-hybridized carbons (Fsp3) is 0.462. The summed E-state index contributed by atoms with van der Waals surface area (Å²) < 4.78 is 0. The van der Waals surface area contributed by atoms with Crippen LogP contribution in [-0.4, -0.2) is 24.6 Å². The van der Waals surface area contributed by atoms with Crippen LogP contribution >= 0.6 is 0 Å². The minimum atomic E-state index is 0.681. The van der Waals surface area contributed by atoms with Crippen molar-refractivity contribution in [2.24, 2.45) is 0 Å². The van der Waals surface area contributed by atoms with Crippen LogP contribution < -0.4 is 10.2 Å². The van der Waals surface area contributed by atoms with E-state index in [1.807, 2.05) is 19.3 Å². The summed E-state index contributed by atoms with van der Waals surface area (Å²) in [6, 6.07) is 4.92. The average molecular weight is 217 g/mol. The van der Waals surface area contributed by atoms with Crippen molar-refractivity contribution in [3.05, 3.63) is 36.5 Å². The lowest BCUT2D eigenvalue weighted by Gasteiger charge is -2.21. The highest BCUT2D eigenvalue weighted by Crippen LogP contribution is 2.30. The first kappa shape index (κ1) is 11.1. The maximum atomic E-state index is 4.52. The van der Waals surface area contributed by atoms with E-state index in [-0.39, 0.29) is 0 Å². The fourth-order valence-electron chi connectivity index (χ4n) is 1.85. The zero-order valence-electron chi connectivity index (χ0n) is 9.82. The molecule has 0 saturated heterocycles. The van der Waals surface area contributed by atoms with Crippen molar-refractivity contribution in [3.8, 4) is 0 Å². The molecule has 1 aromatic rings. The Morgan fingerprint density at radius 1 is 1.56 bits per heavy atom. The molecule has 1 aromatic heterocycles. The van der Waals surface area contributed by atoms with Crippen molar-refractivity contribution < 1.29 is 0 Å². The Balaban J connectivity index is 2.08. The van der Waals surface area contributed by atoms with Gasteiger partial charge in [0, 0.05) is 25.3 Å². The SMILES string of the molecule is C=CCN(c1ccc(CNC)cn1)C1CC1. The Bertz CT molecular complexity index is 341. The van der Waals surface area contributed by atoms with E-state index in [4.69, 9.17) is 0 Å². The number of anilines is 1. The van der Waals surface area contributed by atoms with Gasteiger partial charge < -0.3 is 10.2 Å². The van der Waals surface area contributed by atoms with E-state index in [1.54, 1.807) is 0 Å². The van der Waals surface area contributed by atoms with Crippen molar-refractivity contribution in [3.63, 3.8) is 0 Å². The molecular formula is C13H19N3. The first-order chi connectivity index (χ1) is 7.85. The van der Waals surface area contributed by atoms with E-state index in [2.05, 4.69) is 33.9 Å². The van der Waals surface area contributed by atoms with Crippen LogP contribution in [-0.2, 0) is 6.54 Å². The molecule has 86 valence electrons. The van der Waals surface area contributed by atoms with Crippen LogP contribution in [0.3, 0.4) is 0 Å². The normalized spacial score (nSPS) is 14.8. The van der Waals surface area contributed by atoms with Gasteiger partial charge in [-0.05, 0) is 31.5 Å². The lowest BCUT2D eigenvalue weighted by Crippen LogP contribution is -2.26. The average Bonchev–Trinajstić information content (AvgIpc) is 3.12. The number of nitrogens with one attached hydrogen (secondary N) is 1. The largest absolute Gasteiger partial charge is 0.350 e. The van der Waals surface area contributed by atoms with E-state index in [9.17, 15) is 0 Å². The molecule has 0 atom stereocenters. The molecule has 0 unspecified atom stereocenters. The number of nitrogens with zero attached hydrogens (tertiary/aromatic N) is 2. The molecule has 3 heteroatoms. The molecule has 0 aromatic carbocycles. The maximum Gasteiger partial charge on any atom is 0.129 e. The topological polar surface area (TPSA) is 28.2 Å². The first-order valence-electron chi connectivity index (χ1n) is 5.82. The van der Waals surface area contributed by atoms with Gasteiger partial charge in [0.15, 0.2) is 0 Å². The molecule has 1 heterocycles. The molecule has 3 nitrogen and oxygen atoms in total. The third-order valence-electron chi connectivity index (χ3n) is 2.80. The van der Waals surface area contributed by atoms with E-state index < -0.39 is 0 Å². The molecule has 1 aliphatic rings. The molecule has 0 aliphatic heterocycles. The Hall–Kier alpha value is -1.35. The zero-order chi connectivity index (χ0) is 11.4. The van der Waals surface area contributed by atoms with Crippen LogP contribution in [0.15, 0.2) is 31.0 Å². The molecule has 2 rings (SSSR count). The van der Waals surface area contributed by atoms with Gasteiger partial charge in [-0.25, -0.2) is 4.98 Å². The maximum absolute atomic E-state index is 4.52. The van der Waals surface area contributed by atoms with Gasteiger partial charge in [0.2, 0.25) is 0 Å². The van der Waals surface area contributed by atoms with Crippen molar-refractivity contribution in [2.75, 3.05) is 18.5 Å². The quantitative estimate of drug-likeness (QED) is 0.738. The number of aromatic nitrogens is 1. The summed E-state index contributed by atoms with van der Waals surface area (Å²) in [5.41, 5.74) is 1.22. The predicted molar refractivity (Wildman–Crippen MR) is 67.6 cm³/mol. The van der Waals surface area contributed by atoms with Gasteiger partial charge in [-0.15, -0.1) is 6.58 Å². The summed E-state index contributed by atoms with van der Waals surface area (Å²) >= 11 is 0. The summed E-state index contributed by atoms with van der Waals surface area (Å²) in [5.74, 6) is 1.07. The van der Waals surface area contributed by atoms with Gasteiger partial charge in [-0.3, -0.25) is 0 Å². The van der Waals surface area contributed by atoms with E-state index in [1.165, 1.54) is 18.4 Å². The van der Waals surface area contributed by atoms with Crippen molar-refractivity contribution >= 4 is 5.82 Å². The van der Waals surface area contributed by atoms with Gasteiger partial charge in [-0.2, -0.15) is 0 Å². The van der Waals surface area contributed by atoms with Gasteiger partial charge in [0.25, 0.3) is 0 Å².